The monoisotopic (exact) mass is 295 g/mol. The molecule has 3 unspecified atom stereocenters. The van der Waals surface area contributed by atoms with Crippen molar-refractivity contribution in [2.45, 2.75) is 64.5 Å². The zero-order valence-electron chi connectivity index (χ0n) is 12.6. The first-order valence-corrected chi connectivity index (χ1v) is 8.30. The average Bonchev–Trinajstić information content (AvgIpc) is 2.87. The maximum atomic E-state index is 12.5. The Bertz CT molecular complexity index is 473. The van der Waals surface area contributed by atoms with E-state index in [1.807, 2.05) is 13.1 Å². The Labute approximate surface area is 125 Å². The van der Waals surface area contributed by atoms with E-state index in [1.54, 1.807) is 11.3 Å². The molecule has 1 aromatic rings. The van der Waals surface area contributed by atoms with Crippen molar-refractivity contribution in [2.75, 3.05) is 0 Å². The van der Waals surface area contributed by atoms with E-state index in [-0.39, 0.29) is 11.9 Å². The number of thiazole rings is 1. The van der Waals surface area contributed by atoms with E-state index in [0.717, 1.165) is 30.7 Å². The van der Waals surface area contributed by atoms with E-state index in [1.165, 1.54) is 11.3 Å². The molecule has 1 saturated carbocycles. The lowest BCUT2D eigenvalue weighted by Gasteiger charge is -2.36. The molecule has 112 valence electrons. The second-order valence-electron chi connectivity index (χ2n) is 6.07. The normalized spacial score (nSPS) is 28.1. The van der Waals surface area contributed by atoms with E-state index in [2.05, 4.69) is 24.1 Å². The highest BCUT2D eigenvalue weighted by atomic mass is 32.1. The second-order valence-corrected chi connectivity index (χ2v) is 7.22. The first-order valence-electron chi connectivity index (χ1n) is 7.49. The maximum absolute atomic E-state index is 12.5. The van der Waals surface area contributed by atoms with E-state index in [0.29, 0.717) is 5.92 Å². The number of nitrogens with two attached hydrogens (primary N) is 1. The molecule has 0 radical (unpaired) electrons. The predicted octanol–water partition coefficient (Wildman–Crippen LogP) is 2.79. The molecule has 1 heterocycles. The zero-order valence-corrected chi connectivity index (χ0v) is 13.4. The van der Waals surface area contributed by atoms with Gasteiger partial charge >= 0.3 is 0 Å². The lowest BCUT2D eigenvalue weighted by atomic mass is 9.76. The fourth-order valence-corrected chi connectivity index (χ4v) is 3.75. The van der Waals surface area contributed by atoms with Gasteiger partial charge in [-0.3, -0.25) is 4.79 Å². The number of carbonyl (C=O) groups excluding carboxylic acids is 1. The Balaban J connectivity index is 1.99. The summed E-state index contributed by atoms with van der Waals surface area (Å²) in [5.74, 6) is 0.506. The van der Waals surface area contributed by atoms with Crippen LogP contribution in [0, 0.1) is 5.92 Å². The topological polar surface area (TPSA) is 68.0 Å². The third kappa shape index (κ3) is 3.38. The summed E-state index contributed by atoms with van der Waals surface area (Å²) in [5.41, 5.74) is 5.62. The van der Waals surface area contributed by atoms with Crippen molar-refractivity contribution in [1.82, 2.24) is 10.3 Å². The van der Waals surface area contributed by atoms with Gasteiger partial charge in [0, 0.05) is 11.1 Å². The molecule has 2 rings (SSSR count). The van der Waals surface area contributed by atoms with Crippen LogP contribution in [0.3, 0.4) is 0 Å². The number of aromatic nitrogens is 1. The molecule has 5 heteroatoms. The van der Waals surface area contributed by atoms with Gasteiger partial charge in [0.25, 0.3) is 0 Å². The number of hydrogen-bond donors (Lipinski definition) is 2. The van der Waals surface area contributed by atoms with Crippen LogP contribution in [0.25, 0.3) is 0 Å². The minimum atomic E-state index is -0.698. The number of nitrogens with one attached hydrogen (secondary N) is 1. The van der Waals surface area contributed by atoms with Crippen molar-refractivity contribution < 1.29 is 4.79 Å². The van der Waals surface area contributed by atoms with Gasteiger partial charge in [-0.1, -0.05) is 26.7 Å². The summed E-state index contributed by atoms with van der Waals surface area (Å²) in [6, 6.07) is -0.0644. The Morgan fingerprint density at radius 2 is 2.45 bits per heavy atom. The predicted molar refractivity (Wildman–Crippen MR) is 82.6 cm³/mol. The molecule has 3 N–H and O–H groups in total. The molecule has 1 aliphatic rings. The van der Waals surface area contributed by atoms with Crippen LogP contribution in [-0.4, -0.2) is 16.4 Å². The number of carbonyl (C=O) groups is 1. The highest BCUT2D eigenvalue weighted by Gasteiger charge is 2.38. The largest absolute Gasteiger partial charge is 0.346 e. The lowest BCUT2D eigenvalue weighted by molar-refractivity contribution is -0.128. The van der Waals surface area contributed by atoms with Crippen LogP contribution >= 0.6 is 11.3 Å². The Hall–Kier alpha value is -0.940. The number of aryl methyl sites for hydroxylation is 1. The van der Waals surface area contributed by atoms with Crippen molar-refractivity contribution in [3.8, 4) is 0 Å². The molecule has 1 aliphatic carbocycles. The molecule has 20 heavy (non-hydrogen) atoms. The summed E-state index contributed by atoms with van der Waals surface area (Å²) in [4.78, 5) is 18.1. The van der Waals surface area contributed by atoms with Gasteiger partial charge in [-0.2, -0.15) is 0 Å². The zero-order chi connectivity index (χ0) is 14.8. The minimum absolute atomic E-state index is 0.0233. The fraction of sp³-hybridized carbons (Fsp3) is 0.733. The highest BCUT2D eigenvalue weighted by molar-refractivity contribution is 7.11. The molecule has 0 saturated heterocycles. The van der Waals surface area contributed by atoms with Crippen LogP contribution in [0.1, 0.15) is 62.4 Å². The first kappa shape index (κ1) is 15.4. The van der Waals surface area contributed by atoms with Crippen molar-refractivity contribution in [3.05, 3.63) is 16.1 Å². The van der Waals surface area contributed by atoms with Crippen LogP contribution in [0.2, 0.25) is 0 Å². The number of rotatable bonds is 4. The van der Waals surface area contributed by atoms with Gasteiger partial charge in [-0.05, 0) is 32.1 Å². The second kappa shape index (κ2) is 6.22. The van der Waals surface area contributed by atoms with Crippen molar-refractivity contribution in [1.29, 1.82) is 0 Å². The molecule has 1 aromatic heterocycles. The first-order chi connectivity index (χ1) is 9.44. The van der Waals surface area contributed by atoms with Gasteiger partial charge < -0.3 is 11.1 Å². The molecule has 0 aliphatic heterocycles. The average molecular weight is 295 g/mol. The van der Waals surface area contributed by atoms with Gasteiger partial charge in [-0.25, -0.2) is 4.98 Å². The third-order valence-corrected chi connectivity index (χ3v) is 5.45. The van der Waals surface area contributed by atoms with E-state index in [4.69, 9.17) is 5.73 Å². The van der Waals surface area contributed by atoms with Crippen LogP contribution in [-0.2, 0) is 11.2 Å². The molecule has 4 nitrogen and oxygen atoms in total. The Morgan fingerprint density at radius 1 is 1.70 bits per heavy atom. The van der Waals surface area contributed by atoms with Gasteiger partial charge in [-0.15, -0.1) is 11.3 Å². The van der Waals surface area contributed by atoms with Gasteiger partial charge in [0.2, 0.25) is 5.91 Å². The van der Waals surface area contributed by atoms with Gasteiger partial charge in [0.05, 0.1) is 11.6 Å². The maximum Gasteiger partial charge on any atom is 0.240 e. The van der Waals surface area contributed by atoms with Crippen LogP contribution in [0.4, 0.5) is 0 Å². The van der Waals surface area contributed by atoms with Crippen molar-refractivity contribution >= 4 is 17.2 Å². The Morgan fingerprint density at radius 3 is 3.05 bits per heavy atom. The van der Waals surface area contributed by atoms with E-state index in [9.17, 15) is 4.79 Å². The van der Waals surface area contributed by atoms with Crippen molar-refractivity contribution in [3.63, 3.8) is 0 Å². The molecular weight excluding hydrogens is 270 g/mol. The molecular formula is C15H25N3OS. The molecule has 3 atom stereocenters. The quantitative estimate of drug-likeness (QED) is 0.897. The summed E-state index contributed by atoms with van der Waals surface area (Å²) in [6.45, 7) is 6.26. The molecule has 1 fully saturated rings. The third-order valence-electron chi connectivity index (χ3n) is 4.12. The molecule has 0 aromatic carbocycles. The van der Waals surface area contributed by atoms with Crippen molar-refractivity contribution in [2.24, 2.45) is 11.7 Å². The highest BCUT2D eigenvalue weighted by Crippen LogP contribution is 2.31. The summed E-state index contributed by atoms with van der Waals surface area (Å²) in [7, 11) is 0. The number of amides is 1. The fourth-order valence-electron chi connectivity index (χ4n) is 2.89. The Kier molecular flexibility index (Phi) is 4.81. The SMILES string of the molecule is CCc1cnc(C(C)NC(=O)C2(N)CCCC(C)C2)s1. The molecule has 0 bridgehead atoms. The summed E-state index contributed by atoms with van der Waals surface area (Å²) < 4.78 is 0. The number of hydrogen-bond acceptors (Lipinski definition) is 4. The summed E-state index contributed by atoms with van der Waals surface area (Å²) in [5, 5.41) is 4.01. The standard InChI is InChI=1S/C15H25N3OS/c1-4-12-9-17-13(20-12)11(3)18-14(19)15(16)7-5-6-10(2)8-15/h9-11H,4-8,16H2,1-3H3,(H,18,19). The van der Waals surface area contributed by atoms with Crippen LogP contribution < -0.4 is 11.1 Å². The smallest absolute Gasteiger partial charge is 0.240 e. The number of nitrogens with zero attached hydrogens (tertiary/aromatic N) is 1. The summed E-state index contributed by atoms with van der Waals surface area (Å²) in [6.07, 6.45) is 6.66. The van der Waals surface area contributed by atoms with Crippen LogP contribution in [0.15, 0.2) is 6.20 Å². The molecule has 1 amide bonds. The molecule has 0 spiro atoms. The lowest BCUT2D eigenvalue weighted by Crippen LogP contribution is -2.56. The van der Waals surface area contributed by atoms with Crippen LogP contribution in [0.5, 0.6) is 0 Å². The summed E-state index contributed by atoms with van der Waals surface area (Å²) >= 11 is 1.66. The van der Waals surface area contributed by atoms with E-state index >= 15 is 0 Å². The van der Waals surface area contributed by atoms with E-state index < -0.39 is 5.54 Å². The van der Waals surface area contributed by atoms with Gasteiger partial charge in [0.1, 0.15) is 5.01 Å². The minimum Gasteiger partial charge on any atom is -0.346 e. The van der Waals surface area contributed by atoms with Gasteiger partial charge in [0.15, 0.2) is 0 Å².